The molecule has 0 heterocycles. The second-order valence-corrected chi connectivity index (χ2v) is 10.3. The average molecular weight is 574 g/mol. The van der Waals surface area contributed by atoms with Gasteiger partial charge in [0.15, 0.2) is 5.75 Å². The fraction of sp³-hybridized carbons (Fsp3) is 0.115. The van der Waals surface area contributed by atoms with Gasteiger partial charge in [-0.3, -0.25) is 9.35 Å². The van der Waals surface area contributed by atoms with E-state index in [0.717, 1.165) is 6.07 Å². The van der Waals surface area contributed by atoms with Crippen molar-refractivity contribution in [2.45, 2.75) is 18.2 Å². The minimum absolute atomic E-state index is 0.0340. The first-order valence-electron chi connectivity index (χ1n) is 11.1. The van der Waals surface area contributed by atoms with E-state index in [1.807, 2.05) is 0 Å². The number of nitrogens with one attached hydrogen (secondary N) is 1. The summed E-state index contributed by atoms with van der Waals surface area (Å²) in [7, 11) is -3.09. The van der Waals surface area contributed by atoms with Gasteiger partial charge in [0.1, 0.15) is 17.1 Å². The fourth-order valence-corrected chi connectivity index (χ4v) is 4.78. The molecular weight excluding hydrogens is 553 g/mol. The molecule has 0 fully saturated rings. The molecular formula is C26H21Cl2N3O6S. The highest BCUT2D eigenvalue weighted by Gasteiger charge is 2.20. The number of rotatable bonds is 7. The van der Waals surface area contributed by atoms with Crippen LogP contribution in [0.25, 0.3) is 10.8 Å². The predicted octanol–water partition coefficient (Wildman–Crippen LogP) is 7.34. The largest absolute Gasteiger partial charge is 0.505 e. The smallest absolute Gasteiger partial charge is 0.294 e. The van der Waals surface area contributed by atoms with Gasteiger partial charge in [0, 0.05) is 17.1 Å². The van der Waals surface area contributed by atoms with Gasteiger partial charge in [0.05, 0.1) is 27.6 Å². The molecule has 196 valence electrons. The molecule has 12 heteroatoms. The standard InChI is InChI=1S/C26H21Cl2N3O6S/c1-3-14-10-17(38(34,35)36)13-21(23(14)28)30-31-24-18-7-5-4-6-15(18)11-19(25(24)32)26(33)29-16-8-9-20(27)22(12-16)37-2/h4-13,32H,3H2,1-2H3,(H,29,33)(H,34,35,36). The third kappa shape index (κ3) is 5.58. The second kappa shape index (κ2) is 11.0. The Morgan fingerprint density at radius 3 is 2.47 bits per heavy atom. The number of phenolic OH excluding ortho intramolecular Hbond substituents is 1. The van der Waals surface area contributed by atoms with Crippen molar-refractivity contribution in [2.24, 2.45) is 10.2 Å². The number of nitrogens with zero attached hydrogens (tertiary/aromatic N) is 2. The number of hydrogen-bond acceptors (Lipinski definition) is 7. The molecule has 0 saturated heterocycles. The van der Waals surface area contributed by atoms with Crippen LogP contribution in [0.1, 0.15) is 22.8 Å². The molecule has 0 aliphatic carbocycles. The molecule has 9 nitrogen and oxygen atoms in total. The van der Waals surface area contributed by atoms with Crippen molar-refractivity contribution in [1.82, 2.24) is 0 Å². The fourth-order valence-electron chi connectivity index (χ4n) is 3.75. The summed E-state index contributed by atoms with van der Waals surface area (Å²) in [5.74, 6) is -0.727. The van der Waals surface area contributed by atoms with Crippen molar-refractivity contribution in [3.05, 3.63) is 81.8 Å². The van der Waals surface area contributed by atoms with Crippen molar-refractivity contribution in [2.75, 3.05) is 12.4 Å². The van der Waals surface area contributed by atoms with Gasteiger partial charge in [-0.15, -0.1) is 10.2 Å². The van der Waals surface area contributed by atoms with E-state index in [1.54, 1.807) is 43.3 Å². The summed E-state index contributed by atoms with van der Waals surface area (Å²) >= 11 is 12.4. The number of aromatic hydroxyl groups is 1. The van der Waals surface area contributed by atoms with Gasteiger partial charge in [0.2, 0.25) is 0 Å². The zero-order valence-corrected chi connectivity index (χ0v) is 22.4. The first kappa shape index (κ1) is 27.3. The third-order valence-electron chi connectivity index (χ3n) is 5.69. The number of halogens is 2. The lowest BCUT2D eigenvalue weighted by atomic mass is 10.0. The average Bonchev–Trinajstić information content (AvgIpc) is 2.88. The van der Waals surface area contributed by atoms with Crippen molar-refractivity contribution < 1.29 is 27.6 Å². The molecule has 4 aromatic carbocycles. The number of carbonyl (C=O) groups is 1. The van der Waals surface area contributed by atoms with E-state index >= 15 is 0 Å². The van der Waals surface area contributed by atoms with Crippen LogP contribution in [-0.4, -0.2) is 31.1 Å². The number of aryl methyl sites for hydroxylation is 1. The molecule has 4 aromatic rings. The lowest BCUT2D eigenvalue weighted by molar-refractivity contribution is 0.102. The lowest BCUT2D eigenvalue weighted by Gasteiger charge is -2.12. The van der Waals surface area contributed by atoms with E-state index in [0.29, 0.717) is 39.2 Å². The van der Waals surface area contributed by atoms with Crippen LogP contribution >= 0.6 is 23.2 Å². The van der Waals surface area contributed by atoms with E-state index < -0.39 is 26.7 Å². The molecule has 0 atom stereocenters. The molecule has 1 amide bonds. The number of benzene rings is 4. The Morgan fingerprint density at radius 2 is 1.79 bits per heavy atom. The molecule has 0 saturated carbocycles. The second-order valence-electron chi connectivity index (χ2n) is 8.09. The Balaban J connectivity index is 1.81. The number of phenols is 1. The Hall–Kier alpha value is -3.70. The quantitative estimate of drug-likeness (QED) is 0.156. The number of azo groups is 1. The summed E-state index contributed by atoms with van der Waals surface area (Å²) < 4.78 is 38.2. The molecule has 3 N–H and O–H groups in total. The molecule has 4 rings (SSSR count). The van der Waals surface area contributed by atoms with Gasteiger partial charge in [-0.25, -0.2) is 0 Å². The molecule has 0 aliphatic heterocycles. The zero-order valence-electron chi connectivity index (χ0n) is 20.1. The van der Waals surface area contributed by atoms with E-state index in [-0.39, 0.29) is 22.0 Å². The first-order chi connectivity index (χ1) is 18.0. The number of methoxy groups -OCH3 is 1. The lowest BCUT2D eigenvalue weighted by Crippen LogP contribution is -2.12. The van der Waals surface area contributed by atoms with E-state index in [9.17, 15) is 22.9 Å². The summed E-state index contributed by atoms with van der Waals surface area (Å²) in [5, 5.41) is 23.6. The normalized spacial score (nSPS) is 11.7. The summed E-state index contributed by atoms with van der Waals surface area (Å²) in [6.45, 7) is 1.76. The van der Waals surface area contributed by atoms with Gasteiger partial charge in [-0.05, 0) is 47.7 Å². The molecule has 0 radical (unpaired) electrons. The maximum absolute atomic E-state index is 13.1. The highest BCUT2D eigenvalue weighted by atomic mass is 35.5. The van der Waals surface area contributed by atoms with Crippen LogP contribution in [0.3, 0.4) is 0 Å². The number of anilines is 1. The van der Waals surface area contributed by atoms with Crippen LogP contribution in [0.5, 0.6) is 11.5 Å². The van der Waals surface area contributed by atoms with E-state index in [1.165, 1.54) is 25.3 Å². The van der Waals surface area contributed by atoms with Crippen LogP contribution in [0, 0.1) is 0 Å². The van der Waals surface area contributed by atoms with E-state index in [4.69, 9.17) is 27.9 Å². The number of hydrogen-bond donors (Lipinski definition) is 3. The monoisotopic (exact) mass is 573 g/mol. The summed E-state index contributed by atoms with van der Waals surface area (Å²) in [6, 6.07) is 15.4. The predicted molar refractivity (Wildman–Crippen MR) is 146 cm³/mol. The van der Waals surface area contributed by atoms with Gasteiger partial charge in [0.25, 0.3) is 16.0 Å². The maximum Gasteiger partial charge on any atom is 0.294 e. The van der Waals surface area contributed by atoms with Crippen LogP contribution in [0.15, 0.2) is 75.8 Å². The Morgan fingerprint density at radius 1 is 1.05 bits per heavy atom. The number of amides is 1. The van der Waals surface area contributed by atoms with E-state index in [2.05, 4.69) is 15.5 Å². The van der Waals surface area contributed by atoms with Crippen LogP contribution < -0.4 is 10.1 Å². The van der Waals surface area contributed by atoms with Gasteiger partial charge >= 0.3 is 0 Å². The summed E-state index contributed by atoms with van der Waals surface area (Å²) in [5.41, 5.74) is 0.654. The number of ether oxygens (including phenoxy) is 1. The Labute approximate surface area is 228 Å². The Kier molecular flexibility index (Phi) is 7.89. The number of fused-ring (bicyclic) bond motifs is 1. The third-order valence-corrected chi connectivity index (χ3v) is 7.27. The van der Waals surface area contributed by atoms with Crippen molar-refractivity contribution in [3.8, 4) is 11.5 Å². The van der Waals surface area contributed by atoms with Gasteiger partial charge in [-0.1, -0.05) is 54.4 Å². The minimum atomic E-state index is -4.54. The van der Waals surface area contributed by atoms with Crippen LogP contribution in [-0.2, 0) is 16.5 Å². The van der Waals surface area contributed by atoms with Gasteiger partial charge < -0.3 is 15.2 Å². The summed E-state index contributed by atoms with van der Waals surface area (Å²) in [4.78, 5) is 12.8. The summed E-state index contributed by atoms with van der Waals surface area (Å²) in [6.07, 6.45) is 0.365. The highest BCUT2D eigenvalue weighted by molar-refractivity contribution is 7.85. The molecule has 0 aliphatic rings. The van der Waals surface area contributed by atoms with Crippen molar-refractivity contribution >= 4 is 67.1 Å². The molecule has 38 heavy (non-hydrogen) atoms. The highest BCUT2D eigenvalue weighted by Crippen LogP contribution is 2.41. The molecule has 0 aromatic heterocycles. The maximum atomic E-state index is 13.1. The topological polar surface area (TPSA) is 138 Å². The molecule has 0 bridgehead atoms. The van der Waals surface area contributed by atoms with Crippen molar-refractivity contribution in [3.63, 3.8) is 0 Å². The SMILES string of the molecule is CCc1cc(S(=O)(=O)O)cc(N=Nc2c(O)c(C(=O)Nc3ccc(Cl)c(OC)c3)cc3ccccc23)c1Cl. The van der Waals surface area contributed by atoms with Gasteiger partial charge in [-0.2, -0.15) is 8.42 Å². The van der Waals surface area contributed by atoms with Crippen LogP contribution in [0.2, 0.25) is 10.0 Å². The zero-order chi connectivity index (χ0) is 27.6. The minimum Gasteiger partial charge on any atom is -0.505 e. The van der Waals surface area contributed by atoms with Crippen LogP contribution in [0.4, 0.5) is 17.1 Å². The first-order valence-corrected chi connectivity index (χ1v) is 13.3. The Bertz CT molecular complexity index is 1710. The molecule has 0 spiro atoms. The number of carbonyl (C=O) groups excluding carboxylic acids is 1. The molecule has 0 unspecified atom stereocenters. The van der Waals surface area contributed by atoms with Crippen molar-refractivity contribution in [1.29, 1.82) is 0 Å².